The molecule has 0 heterocycles. The number of rotatable bonds is 17. The number of aryl methyl sites for hydroxylation is 1. The van der Waals surface area contributed by atoms with E-state index in [0.29, 0.717) is 0 Å². The molecule has 0 spiro atoms. The van der Waals surface area contributed by atoms with Crippen LogP contribution in [0.1, 0.15) is 102 Å². The first kappa shape index (κ1) is 25.1. The van der Waals surface area contributed by atoms with Crippen LogP contribution in [0.4, 0.5) is 0 Å². The number of hydrogen-bond acceptors (Lipinski definition) is 3. The fourth-order valence-corrected chi connectivity index (χ4v) is 4.50. The van der Waals surface area contributed by atoms with E-state index in [2.05, 4.69) is 19.1 Å². The third-order valence-electron chi connectivity index (χ3n) is 5.15. The Bertz CT molecular complexity index is 612. The summed E-state index contributed by atoms with van der Waals surface area (Å²) in [6, 6.07) is 4.96. The van der Waals surface area contributed by atoms with E-state index in [1.54, 1.807) is 6.07 Å². The predicted molar refractivity (Wildman–Crippen MR) is 125 cm³/mol. The summed E-state index contributed by atoms with van der Waals surface area (Å²) < 4.78 is 22.1. The molecule has 0 atom stereocenters. The Hall–Kier alpha value is -0.910. The fraction of sp³-hybridized carbons (Fsp3) is 0.667. The Morgan fingerprint density at radius 3 is 1.86 bits per heavy atom. The van der Waals surface area contributed by atoms with Crippen LogP contribution in [0.3, 0.4) is 0 Å². The topological polar surface area (TPSA) is 54.4 Å². The summed E-state index contributed by atoms with van der Waals surface area (Å²) in [5.41, 5.74) is 1.02. The first-order valence-corrected chi connectivity index (χ1v) is 14.0. The normalized spacial score (nSPS) is 11.6. The van der Waals surface area contributed by atoms with Crippen LogP contribution in [0, 0.1) is 3.57 Å². The molecule has 28 heavy (non-hydrogen) atoms. The van der Waals surface area contributed by atoms with E-state index in [9.17, 15) is 11.2 Å². The molecule has 1 rings (SSSR count). The number of phenols is 1. The smallest absolute Gasteiger partial charge is 0.344 e. The monoisotopic (exact) mass is 502 g/mol. The average Bonchev–Trinajstić information content (AvgIpc) is 2.67. The number of benzene rings is 1. The number of halogens is 1. The number of aromatic hydroxyl groups is 1. The van der Waals surface area contributed by atoms with Crippen LogP contribution >= 0.6 is 19.8 Å². The van der Waals surface area contributed by atoms with Crippen molar-refractivity contribution in [1.82, 2.24) is 0 Å². The van der Waals surface area contributed by atoms with E-state index < -0.39 is 19.8 Å². The van der Waals surface area contributed by atoms with Gasteiger partial charge in [0.1, 0.15) is 9.32 Å². The van der Waals surface area contributed by atoms with Gasteiger partial charge in [-0.25, -0.2) is 6.14 Å². The van der Waals surface area contributed by atoms with Crippen molar-refractivity contribution < 1.29 is 11.2 Å². The maximum Gasteiger partial charge on any atom is 0.344 e. The number of hydrogen-bond donors (Lipinski definition) is 1. The van der Waals surface area contributed by atoms with Gasteiger partial charge in [-0.1, -0.05) is 82.9 Å². The van der Waals surface area contributed by atoms with Crippen molar-refractivity contribution in [2.45, 2.75) is 103 Å². The van der Waals surface area contributed by atoms with Gasteiger partial charge in [-0.05, 0) is 56.2 Å². The molecule has 1 aromatic carbocycles. The third kappa shape index (κ3) is 12.5. The summed E-state index contributed by atoms with van der Waals surface area (Å²) in [6.45, 7) is 2.27. The Kier molecular flexibility index (Phi) is 15.2. The summed E-state index contributed by atoms with van der Waals surface area (Å²) in [5, 5.41) is 9.73. The molecule has 0 fully saturated rings. The summed E-state index contributed by atoms with van der Waals surface area (Å²) in [5.74, 6) is -0.0886. The summed E-state index contributed by atoms with van der Waals surface area (Å²) in [4.78, 5) is 0. The Balaban J connectivity index is 1.93. The second-order valence-electron chi connectivity index (χ2n) is 7.69. The second-order valence-corrected chi connectivity index (χ2v) is 10.1. The highest BCUT2D eigenvalue weighted by atomic mass is 127. The van der Waals surface area contributed by atoms with Gasteiger partial charge in [0.05, 0.1) is 0 Å². The molecule has 0 aliphatic heterocycles. The van der Waals surface area contributed by atoms with Gasteiger partial charge in [0.25, 0.3) is 0 Å². The van der Waals surface area contributed by atoms with Crippen molar-refractivity contribution >= 4 is 19.8 Å². The molecule has 0 radical (unpaired) electrons. The fourth-order valence-electron chi connectivity index (χ4n) is 3.42. The van der Waals surface area contributed by atoms with Crippen LogP contribution in [0.15, 0.2) is 30.4 Å². The minimum Gasteiger partial charge on any atom is -0.507 e. The van der Waals surface area contributed by atoms with Gasteiger partial charge in [0, 0.05) is 0 Å². The van der Waals surface area contributed by atoms with E-state index in [4.69, 9.17) is 0 Å². The molecule has 1 aromatic rings. The zero-order chi connectivity index (χ0) is 20.5. The first-order chi connectivity index (χ1) is 13.6. The van der Waals surface area contributed by atoms with Crippen LogP contribution < -0.4 is 0 Å². The molecule has 0 unspecified atom stereocenters. The molecular weight excluding hydrogens is 463 g/mol. The van der Waals surface area contributed by atoms with Gasteiger partial charge in [-0.3, -0.25) is 0 Å². The van der Waals surface area contributed by atoms with E-state index in [1.807, 2.05) is 6.07 Å². The van der Waals surface area contributed by atoms with Crippen LogP contribution in [0.25, 0.3) is 0 Å². The molecule has 0 saturated carbocycles. The minimum absolute atomic E-state index is 0.0886. The molecular formula is C24H39IO3. The van der Waals surface area contributed by atoms with Crippen LogP contribution in [0.2, 0.25) is 0 Å². The van der Waals surface area contributed by atoms with Gasteiger partial charge < -0.3 is 5.11 Å². The molecule has 0 aromatic heterocycles. The average molecular weight is 502 g/mol. The van der Waals surface area contributed by atoms with E-state index >= 15 is 0 Å². The van der Waals surface area contributed by atoms with Crippen molar-refractivity contribution in [3.05, 3.63) is 39.5 Å². The standard InChI is InChI=1S/C24H39IO3/c1-2-3-4-5-6-7-8-9-10-11-12-13-14-15-16-17-18-22-19-20-23(25(27)28)24(26)21-22/h11-12,19-21,26H,2-10,13-18H2,1H3. The third-order valence-corrected chi connectivity index (χ3v) is 7.02. The van der Waals surface area contributed by atoms with Crippen molar-refractivity contribution in [2.75, 3.05) is 0 Å². The molecule has 160 valence electrons. The Morgan fingerprint density at radius 1 is 0.786 bits per heavy atom. The highest BCUT2D eigenvalue weighted by Gasteiger charge is 2.06. The molecule has 1 N–H and O–H groups in total. The second kappa shape index (κ2) is 17.0. The zero-order valence-corrected chi connectivity index (χ0v) is 19.8. The molecule has 0 aliphatic carbocycles. The van der Waals surface area contributed by atoms with Gasteiger partial charge in [0.15, 0.2) is 0 Å². The lowest BCUT2D eigenvalue weighted by Crippen LogP contribution is -1.87. The minimum atomic E-state index is -3.58. The number of phenolic OH excluding ortho intramolecular Hbond substituents is 1. The molecule has 0 aliphatic rings. The Morgan fingerprint density at radius 2 is 1.32 bits per heavy atom. The summed E-state index contributed by atoms with van der Waals surface area (Å²) in [7, 11) is 0. The largest absolute Gasteiger partial charge is 0.507 e. The molecule has 0 bridgehead atoms. The maximum atomic E-state index is 11.0. The van der Waals surface area contributed by atoms with Gasteiger partial charge in [-0.15, -0.1) is 0 Å². The number of unbranched alkanes of at least 4 members (excludes halogenated alkanes) is 12. The maximum absolute atomic E-state index is 11.0. The highest BCUT2D eigenvalue weighted by Crippen LogP contribution is 2.28. The van der Waals surface area contributed by atoms with Crippen LogP contribution in [-0.2, 0) is 12.6 Å². The van der Waals surface area contributed by atoms with Gasteiger partial charge in [0.2, 0.25) is 0 Å². The Labute approximate surface area is 179 Å². The highest BCUT2D eigenvalue weighted by molar-refractivity contribution is 14.2. The van der Waals surface area contributed by atoms with E-state index in [1.165, 1.54) is 89.5 Å². The van der Waals surface area contributed by atoms with Crippen molar-refractivity contribution in [3.63, 3.8) is 0 Å². The SMILES string of the molecule is CCCCCCCCCCC=CCCCCCCc1ccc(I(=O)=O)c(O)c1. The first-order valence-electron chi connectivity index (χ1n) is 11.2. The molecule has 0 saturated heterocycles. The van der Waals surface area contributed by atoms with Crippen molar-refractivity contribution in [1.29, 1.82) is 0 Å². The lowest BCUT2D eigenvalue weighted by molar-refractivity contribution is 0.470. The lowest BCUT2D eigenvalue weighted by atomic mass is 10.0. The van der Waals surface area contributed by atoms with Crippen LogP contribution in [0.5, 0.6) is 5.75 Å². The van der Waals surface area contributed by atoms with Crippen molar-refractivity contribution in [2.24, 2.45) is 0 Å². The molecule has 4 heteroatoms. The lowest BCUT2D eigenvalue weighted by Gasteiger charge is -2.03. The van der Waals surface area contributed by atoms with E-state index in [-0.39, 0.29) is 9.32 Å². The quantitative estimate of drug-likeness (QED) is 0.132. The predicted octanol–water partition coefficient (Wildman–Crippen LogP) is 8.34. The molecule has 0 amide bonds. The van der Waals surface area contributed by atoms with E-state index in [0.717, 1.165) is 18.4 Å². The van der Waals surface area contributed by atoms with Crippen molar-refractivity contribution in [3.8, 4) is 5.75 Å². The van der Waals surface area contributed by atoms with Gasteiger partial charge >= 0.3 is 19.8 Å². The van der Waals surface area contributed by atoms with Gasteiger partial charge in [-0.2, -0.15) is 0 Å². The zero-order valence-electron chi connectivity index (χ0n) is 17.6. The summed E-state index contributed by atoms with van der Waals surface area (Å²) in [6.07, 6.45) is 23.8. The number of allylic oxidation sites excluding steroid dienone is 2. The van der Waals surface area contributed by atoms with Crippen LogP contribution in [-0.4, -0.2) is 5.11 Å². The summed E-state index contributed by atoms with van der Waals surface area (Å²) >= 11 is -3.58. The molecule has 3 nitrogen and oxygen atoms in total.